The Hall–Kier alpha value is -1.09. The molecule has 0 heterocycles. The summed E-state index contributed by atoms with van der Waals surface area (Å²) in [7, 11) is 0. The highest BCUT2D eigenvalue weighted by Gasteiger charge is 2.35. The van der Waals surface area contributed by atoms with E-state index < -0.39 is 0 Å². The zero-order chi connectivity index (χ0) is 17.7. The molecule has 0 saturated heterocycles. The molecule has 0 saturated carbocycles. The van der Waals surface area contributed by atoms with Crippen molar-refractivity contribution >= 4 is 28.2 Å². The maximum absolute atomic E-state index is 4.09. The number of benzene rings is 1. The fourth-order valence-corrected chi connectivity index (χ4v) is 4.07. The van der Waals surface area contributed by atoms with E-state index in [1.165, 1.54) is 38.7 Å². The maximum atomic E-state index is 4.09. The molecule has 1 heteroatoms. The lowest BCUT2D eigenvalue weighted by molar-refractivity contribution is 0.524. The third-order valence-corrected chi connectivity index (χ3v) is 5.82. The van der Waals surface area contributed by atoms with E-state index in [1.807, 2.05) is 6.08 Å². The molecule has 0 aromatic heterocycles. The fourth-order valence-electron chi connectivity index (χ4n) is 3.58. The van der Waals surface area contributed by atoms with Gasteiger partial charge in [0, 0.05) is 8.99 Å². The normalized spacial score (nSPS) is 17.7. The molecule has 0 aliphatic heterocycles. The highest BCUT2D eigenvalue weighted by Crippen LogP contribution is 2.47. The molecule has 1 aliphatic carbocycles. The SMILES string of the molecule is C=CC1=C(/C=C\CC(CC)C/C=C\C)c2ccc(I)cc2C1(C)C. The molecule has 0 nitrogen and oxygen atoms in total. The number of allylic oxidation sites excluding steroid dienone is 7. The van der Waals surface area contributed by atoms with E-state index in [4.69, 9.17) is 0 Å². The van der Waals surface area contributed by atoms with E-state index in [9.17, 15) is 0 Å². The van der Waals surface area contributed by atoms with Gasteiger partial charge in [-0.05, 0) is 82.7 Å². The van der Waals surface area contributed by atoms with Crippen molar-refractivity contribution in [2.75, 3.05) is 0 Å². The van der Waals surface area contributed by atoms with Crippen LogP contribution in [0.2, 0.25) is 0 Å². The lowest BCUT2D eigenvalue weighted by Gasteiger charge is -2.22. The zero-order valence-corrected chi connectivity index (χ0v) is 17.6. The quantitative estimate of drug-likeness (QED) is 0.310. The summed E-state index contributed by atoms with van der Waals surface area (Å²) in [6.45, 7) is 13.1. The highest BCUT2D eigenvalue weighted by molar-refractivity contribution is 14.1. The van der Waals surface area contributed by atoms with Crippen molar-refractivity contribution in [2.45, 2.75) is 52.4 Å². The van der Waals surface area contributed by atoms with Crippen LogP contribution >= 0.6 is 22.6 Å². The maximum Gasteiger partial charge on any atom is 0.0159 e. The van der Waals surface area contributed by atoms with Crippen LogP contribution in [-0.2, 0) is 5.41 Å². The molecule has 1 atom stereocenters. The van der Waals surface area contributed by atoms with E-state index in [0.717, 1.165) is 12.3 Å². The van der Waals surface area contributed by atoms with Crippen LogP contribution in [-0.4, -0.2) is 0 Å². The molecule has 0 spiro atoms. The van der Waals surface area contributed by atoms with Crippen molar-refractivity contribution in [3.8, 4) is 0 Å². The molecular formula is C23H29I. The summed E-state index contributed by atoms with van der Waals surface area (Å²) in [5, 5.41) is 0. The molecule has 0 N–H and O–H groups in total. The Kier molecular flexibility index (Phi) is 6.68. The van der Waals surface area contributed by atoms with Gasteiger partial charge in [0.15, 0.2) is 0 Å². The molecule has 1 aliphatic rings. The monoisotopic (exact) mass is 432 g/mol. The predicted octanol–water partition coefficient (Wildman–Crippen LogP) is 7.46. The van der Waals surface area contributed by atoms with Crippen LogP contribution < -0.4 is 0 Å². The summed E-state index contributed by atoms with van der Waals surface area (Å²) in [5.41, 5.74) is 5.52. The largest absolute Gasteiger partial charge is 0.0987 e. The minimum Gasteiger partial charge on any atom is -0.0987 e. The summed E-state index contributed by atoms with van der Waals surface area (Å²) in [6.07, 6.45) is 14.7. The van der Waals surface area contributed by atoms with Crippen molar-refractivity contribution in [1.82, 2.24) is 0 Å². The molecule has 0 radical (unpaired) electrons. The molecule has 0 bridgehead atoms. The van der Waals surface area contributed by atoms with Crippen LogP contribution in [0.25, 0.3) is 5.57 Å². The number of hydrogen-bond acceptors (Lipinski definition) is 0. The first-order chi connectivity index (χ1) is 11.5. The summed E-state index contributed by atoms with van der Waals surface area (Å²) in [5.74, 6) is 0.732. The van der Waals surface area contributed by atoms with Crippen molar-refractivity contribution in [3.05, 3.63) is 75.4 Å². The summed E-state index contributed by atoms with van der Waals surface area (Å²) in [6, 6.07) is 6.80. The molecule has 0 amide bonds. The number of rotatable bonds is 7. The zero-order valence-electron chi connectivity index (χ0n) is 15.4. The van der Waals surface area contributed by atoms with Crippen molar-refractivity contribution in [3.63, 3.8) is 0 Å². The Balaban J connectivity index is 2.31. The van der Waals surface area contributed by atoms with Gasteiger partial charge in [-0.3, -0.25) is 0 Å². The second-order valence-electron chi connectivity index (χ2n) is 7.06. The summed E-state index contributed by atoms with van der Waals surface area (Å²) < 4.78 is 1.30. The smallest absolute Gasteiger partial charge is 0.0159 e. The van der Waals surface area contributed by atoms with Crippen LogP contribution in [0.3, 0.4) is 0 Å². The Morgan fingerprint density at radius 2 is 1.92 bits per heavy atom. The second kappa shape index (κ2) is 8.33. The van der Waals surface area contributed by atoms with Crippen molar-refractivity contribution < 1.29 is 0 Å². The van der Waals surface area contributed by atoms with Crippen molar-refractivity contribution in [1.29, 1.82) is 0 Å². The minimum atomic E-state index is 0.0348. The van der Waals surface area contributed by atoms with E-state index in [1.54, 1.807) is 0 Å². The third kappa shape index (κ3) is 3.93. The predicted molar refractivity (Wildman–Crippen MR) is 116 cm³/mol. The minimum absolute atomic E-state index is 0.0348. The van der Waals surface area contributed by atoms with Gasteiger partial charge in [-0.15, -0.1) is 0 Å². The van der Waals surface area contributed by atoms with E-state index >= 15 is 0 Å². The van der Waals surface area contributed by atoms with Crippen molar-refractivity contribution in [2.24, 2.45) is 5.92 Å². The van der Waals surface area contributed by atoms with Gasteiger partial charge in [-0.25, -0.2) is 0 Å². The van der Waals surface area contributed by atoms with Gasteiger partial charge in [0.25, 0.3) is 0 Å². The average Bonchev–Trinajstić information content (AvgIpc) is 2.77. The van der Waals surface area contributed by atoms with Crippen LogP contribution in [0.15, 0.2) is 60.7 Å². The fraction of sp³-hybridized carbons (Fsp3) is 0.391. The molecule has 128 valence electrons. The first kappa shape index (κ1) is 19.2. The molecule has 24 heavy (non-hydrogen) atoms. The number of fused-ring (bicyclic) bond motifs is 1. The molecular weight excluding hydrogens is 403 g/mol. The van der Waals surface area contributed by atoms with Gasteiger partial charge in [0.05, 0.1) is 0 Å². The van der Waals surface area contributed by atoms with Gasteiger partial charge >= 0.3 is 0 Å². The summed E-state index contributed by atoms with van der Waals surface area (Å²) in [4.78, 5) is 0. The van der Waals surface area contributed by atoms with E-state index in [0.29, 0.717) is 0 Å². The molecule has 0 fully saturated rings. The van der Waals surface area contributed by atoms with Gasteiger partial charge in [-0.2, -0.15) is 0 Å². The Morgan fingerprint density at radius 3 is 2.54 bits per heavy atom. The highest BCUT2D eigenvalue weighted by atomic mass is 127. The van der Waals surface area contributed by atoms with Gasteiger partial charge in [0.1, 0.15) is 0 Å². The van der Waals surface area contributed by atoms with E-state index in [-0.39, 0.29) is 5.41 Å². The number of halogens is 1. The van der Waals surface area contributed by atoms with Crippen LogP contribution in [0, 0.1) is 9.49 Å². The average molecular weight is 432 g/mol. The van der Waals surface area contributed by atoms with Crippen LogP contribution in [0.5, 0.6) is 0 Å². The molecule has 1 aromatic carbocycles. The lowest BCUT2D eigenvalue weighted by Crippen LogP contribution is -2.16. The first-order valence-electron chi connectivity index (χ1n) is 8.90. The number of hydrogen-bond donors (Lipinski definition) is 0. The third-order valence-electron chi connectivity index (χ3n) is 5.15. The lowest BCUT2D eigenvalue weighted by atomic mass is 9.81. The Morgan fingerprint density at radius 1 is 1.21 bits per heavy atom. The second-order valence-corrected chi connectivity index (χ2v) is 8.31. The van der Waals surface area contributed by atoms with Crippen LogP contribution in [0.1, 0.15) is 58.1 Å². The van der Waals surface area contributed by atoms with E-state index in [2.05, 4.69) is 99.4 Å². The molecule has 1 aromatic rings. The van der Waals surface area contributed by atoms with Gasteiger partial charge in [0.2, 0.25) is 0 Å². The summed E-state index contributed by atoms with van der Waals surface area (Å²) >= 11 is 2.40. The topological polar surface area (TPSA) is 0 Å². The van der Waals surface area contributed by atoms with Gasteiger partial charge < -0.3 is 0 Å². The van der Waals surface area contributed by atoms with Crippen LogP contribution in [0.4, 0.5) is 0 Å². The first-order valence-corrected chi connectivity index (χ1v) is 9.98. The molecule has 2 rings (SSSR count). The Bertz CT molecular complexity index is 686. The Labute approximate surface area is 161 Å². The standard InChI is InChI=1S/C23H29I/c1-6-9-11-17(7-2)12-10-13-19-20-15-14-18(24)16-22(20)23(4,5)21(19)8-3/h6,8-10,13-17H,3,7,11-12H2,1-2,4-5H3/b9-6-,13-10-. The molecule has 1 unspecified atom stereocenters. The van der Waals surface area contributed by atoms with Gasteiger partial charge in [-0.1, -0.05) is 70.2 Å².